The Hall–Kier alpha value is -6.58. The van der Waals surface area contributed by atoms with Crippen molar-refractivity contribution in [1.82, 2.24) is 0 Å². The standard InChI is InChI=1S/C59H53BN2/c1-5-7-20-40-30-32-54(47(34-40)43-24-14-10-15-25-43)61-56-39-52-48(46-28-18-19-29-51(46)59(52,3)4)38-53(56)60-58-50(35-41(21-8-6-2)36-57(58)61)49-37-44(42-22-12-9-13-23-42)31-33-55(49)62(60)45-26-16-11-17-27-45/h9-19,22-39H,5-8,20-21H2,1-4H3. The average Bonchev–Trinajstić information content (AvgIpc) is 3.55. The van der Waals surface area contributed by atoms with E-state index in [0.29, 0.717) is 0 Å². The van der Waals surface area contributed by atoms with Crippen molar-refractivity contribution in [2.75, 3.05) is 9.71 Å². The molecule has 62 heavy (non-hydrogen) atoms. The highest BCUT2D eigenvalue weighted by molar-refractivity contribution is 6.93. The van der Waals surface area contributed by atoms with E-state index in [1.165, 1.54) is 119 Å². The summed E-state index contributed by atoms with van der Waals surface area (Å²) in [5, 5.41) is 0. The fourth-order valence-corrected chi connectivity index (χ4v) is 10.8. The molecule has 0 atom stereocenters. The maximum Gasteiger partial charge on any atom is 0.333 e. The van der Waals surface area contributed by atoms with Crippen molar-refractivity contribution >= 4 is 46.2 Å². The summed E-state index contributed by atoms with van der Waals surface area (Å²) in [6, 6.07) is 67.1. The Balaban J connectivity index is 1.27. The largest absolute Gasteiger partial charge is 0.376 e. The molecule has 0 amide bonds. The minimum absolute atomic E-state index is 0.0610. The van der Waals surface area contributed by atoms with Gasteiger partial charge in [0.2, 0.25) is 0 Å². The predicted molar refractivity (Wildman–Crippen MR) is 266 cm³/mol. The van der Waals surface area contributed by atoms with Gasteiger partial charge in [-0.2, -0.15) is 0 Å². The second-order valence-electron chi connectivity index (χ2n) is 18.2. The van der Waals surface area contributed by atoms with E-state index in [1.54, 1.807) is 0 Å². The van der Waals surface area contributed by atoms with E-state index >= 15 is 0 Å². The molecule has 2 aliphatic heterocycles. The molecule has 0 saturated heterocycles. The smallest absolute Gasteiger partial charge is 0.333 e. The SMILES string of the molecule is CCCCc1ccc(N2c3cc4c(cc3B3c5c(cc(CCCC)cc52)-c2cc(-c5ccccc5)ccc2N3c2ccccc2)-c2ccccc2C4(C)C)c(-c2ccccc2)c1. The summed E-state index contributed by atoms with van der Waals surface area (Å²) in [6.45, 7) is 9.38. The van der Waals surface area contributed by atoms with E-state index in [9.17, 15) is 0 Å². The molecule has 0 spiro atoms. The molecule has 0 fully saturated rings. The lowest BCUT2D eigenvalue weighted by Crippen LogP contribution is -2.61. The minimum Gasteiger partial charge on any atom is -0.376 e. The van der Waals surface area contributed by atoms with Gasteiger partial charge in [-0.15, -0.1) is 0 Å². The van der Waals surface area contributed by atoms with Crippen molar-refractivity contribution in [3.63, 3.8) is 0 Å². The Labute approximate surface area is 368 Å². The quantitative estimate of drug-likeness (QED) is 0.127. The monoisotopic (exact) mass is 800 g/mol. The van der Waals surface area contributed by atoms with Gasteiger partial charge in [-0.05, 0) is 141 Å². The number of benzene rings is 8. The third-order valence-electron chi connectivity index (χ3n) is 14.0. The van der Waals surface area contributed by atoms with Crippen molar-refractivity contribution in [1.29, 1.82) is 0 Å². The van der Waals surface area contributed by atoms with Crippen LogP contribution < -0.4 is 20.6 Å². The van der Waals surface area contributed by atoms with Crippen LogP contribution in [-0.2, 0) is 18.3 Å². The number of hydrogen-bond donors (Lipinski definition) is 0. The second-order valence-corrected chi connectivity index (χ2v) is 18.2. The molecular weight excluding hydrogens is 747 g/mol. The van der Waals surface area contributed by atoms with Gasteiger partial charge in [-0.3, -0.25) is 0 Å². The van der Waals surface area contributed by atoms with Crippen LogP contribution in [0.5, 0.6) is 0 Å². The van der Waals surface area contributed by atoms with Gasteiger partial charge in [0.15, 0.2) is 0 Å². The first-order valence-electron chi connectivity index (χ1n) is 22.9. The summed E-state index contributed by atoms with van der Waals surface area (Å²) >= 11 is 0. The van der Waals surface area contributed by atoms with E-state index in [4.69, 9.17) is 0 Å². The number of hydrogen-bond acceptors (Lipinski definition) is 2. The normalized spacial score (nSPS) is 13.9. The molecule has 302 valence electrons. The van der Waals surface area contributed by atoms with Gasteiger partial charge in [-0.1, -0.05) is 168 Å². The maximum atomic E-state index is 2.68. The third kappa shape index (κ3) is 6.16. The van der Waals surface area contributed by atoms with Crippen LogP contribution in [0.25, 0.3) is 44.5 Å². The highest BCUT2D eigenvalue weighted by atomic mass is 15.2. The second kappa shape index (κ2) is 15.4. The van der Waals surface area contributed by atoms with E-state index in [2.05, 4.69) is 213 Å². The topological polar surface area (TPSA) is 6.48 Å². The zero-order chi connectivity index (χ0) is 42.0. The Morgan fingerprint density at radius 1 is 0.435 bits per heavy atom. The zero-order valence-corrected chi connectivity index (χ0v) is 36.5. The Kier molecular flexibility index (Phi) is 9.53. The highest BCUT2D eigenvalue weighted by Gasteiger charge is 2.47. The van der Waals surface area contributed by atoms with E-state index in [-0.39, 0.29) is 12.3 Å². The van der Waals surface area contributed by atoms with Gasteiger partial charge in [0.1, 0.15) is 0 Å². The molecule has 2 heterocycles. The summed E-state index contributed by atoms with van der Waals surface area (Å²) in [5.41, 5.74) is 24.7. The summed E-state index contributed by atoms with van der Waals surface area (Å²) < 4.78 is 0. The van der Waals surface area contributed by atoms with Crippen molar-refractivity contribution in [2.24, 2.45) is 0 Å². The van der Waals surface area contributed by atoms with Gasteiger partial charge in [0.05, 0.1) is 5.69 Å². The van der Waals surface area contributed by atoms with E-state index in [1.807, 2.05) is 0 Å². The van der Waals surface area contributed by atoms with Crippen LogP contribution in [-0.4, -0.2) is 6.85 Å². The molecule has 0 bridgehead atoms. The molecular formula is C59H53BN2. The molecule has 3 heteroatoms. The van der Waals surface area contributed by atoms with Gasteiger partial charge in [0, 0.05) is 39.3 Å². The Morgan fingerprint density at radius 2 is 1.08 bits per heavy atom. The van der Waals surface area contributed by atoms with Gasteiger partial charge in [-0.25, -0.2) is 0 Å². The lowest BCUT2D eigenvalue weighted by Gasteiger charge is -2.46. The van der Waals surface area contributed by atoms with Crippen LogP contribution in [0, 0.1) is 0 Å². The summed E-state index contributed by atoms with van der Waals surface area (Å²) in [5.74, 6) is 0. The average molecular weight is 801 g/mol. The summed E-state index contributed by atoms with van der Waals surface area (Å²) in [7, 11) is 0. The fraction of sp³-hybridized carbons (Fsp3) is 0.186. The fourth-order valence-electron chi connectivity index (χ4n) is 10.8. The van der Waals surface area contributed by atoms with Crippen molar-refractivity contribution < 1.29 is 0 Å². The first kappa shape index (κ1) is 38.4. The number of unbranched alkanes of at least 4 members (excludes halogenated alkanes) is 2. The van der Waals surface area contributed by atoms with E-state index < -0.39 is 0 Å². The molecule has 2 nitrogen and oxygen atoms in total. The summed E-state index contributed by atoms with van der Waals surface area (Å²) in [4.78, 5) is 5.34. The number of anilines is 5. The third-order valence-corrected chi connectivity index (χ3v) is 14.0. The lowest BCUT2D eigenvalue weighted by atomic mass is 9.43. The molecule has 1 aliphatic carbocycles. The first-order chi connectivity index (χ1) is 30.4. The molecule has 0 unspecified atom stereocenters. The van der Waals surface area contributed by atoms with Crippen molar-refractivity contribution in [3.8, 4) is 44.5 Å². The number of nitrogens with zero attached hydrogens (tertiary/aromatic N) is 2. The molecule has 11 rings (SSSR count). The highest BCUT2D eigenvalue weighted by Crippen LogP contribution is 2.54. The zero-order valence-electron chi connectivity index (χ0n) is 36.5. The van der Waals surface area contributed by atoms with Gasteiger partial charge in [0.25, 0.3) is 0 Å². The summed E-state index contributed by atoms with van der Waals surface area (Å²) in [6.07, 6.45) is 6.75. The van der Waals surface area contributed by atoms with Crippen LogP contribution in [0.4, 0.5) is 28.4 Å². The minimum atomic E-state index is -0.153. The molecule has 8 aromatic rings. The number of rotatable bonds is 10. The van der Waals surface area contributed by atoms with E-state index in [0.717, 1.165) is 25.7 Å². The van der Waals surface area contributed by atoms with Crippen LogP contribution in [0.3, 0.4) is 0 Å². The van der Waals surface area contributed by atoms with Gasteiger partial charge < -0.3 is 9.71 Å². The molecule has 8 aromatic carbocycles. The molecule has 3 aliphatic rings. The molecule has 0 radical (unpaired) electrons. The first-order valence-corrected chi connectivity index (χ1v) is 22.9. The Bertz CT molecular complexity index is 2970. The van der Waals surface area contributed by atoms with Crippen molar-refractivity contribution in [3.05, 3.63) is 198 Å². The van der Waals surface area contributed by atoms with Gasteiger partial charge >= 0.3 is 6.85 Å². The maximum absolute atomic E-state index is 2.68. The predicted octanol–water partition coefficient (Wildman–Crippen LogP) is 14.7. The molecule has 0 N–H and O–H groups in total. The number of para-hydroxylation sites is 1. The number of fused-ring (bicyclic) bond motifs is 7. The lowest BCUT2D eigenvalue weighted by molar-refractivity contribution is 0.660. The van der Waals surface area contributed by atoms with Crippen LogP contribution >= 0.6 is 0 Å². The van der Waals surface area contributed by atoms with Crippen LogP contribution in [0.2, 0.25) is 0 Å². The van der Waals surface area contributed by atoms with Crippen LogP contribution in [0.1, 0.15) is 75.6 Å². The Morgan fingerprint density at radius 3 is 1.82 bits per heavy atom. The molecule has 0 aromatic heterocycles. The van der Waals surface area contributed by atoms with Crippen LogP contribution in [0.15, 0.2) is 176 Å². The molecule has 0 saturated carbocycles. The van der Waals surface area contributed by atoms with Crippen molar-refractivity contribution in [2.45, 2.75) is 71.6 Å². The number of aryl methyl sites for hydroxylation is 2.